The van der Waals surface area contributed by atoms with E-state index >= 15 is 0 Å². The summed E-state index contributed by atoms with van der Waals surface area (Å²) in [4.78, 5) is 0. The molecule has 158 valence electrons. The van der Waals surface area contributed by atoms with Crippen LogP contribution in [0.1, 0.15) is 57.9 Å². The first-order chi connectivity index (χ1) is 14.5. The molecule has 2 fully saturated rings. The highest BCUT2D eigenvalue weighted by Crippen LogP contribution is 2.61. The number of hydrogen-bond donors (Lipinski definition) is 2. The number of benzene rings is 1. The molecule has 0 amide bonds. The first-order valence-electron chi connectivity index (χ1n) is 11.8. The number of aliphatic hydroxyl groups is 1. The van der Waals surface area contributed by atoms with Gasteiger partial charge in [-0.2, -0.15) is 5.10 Å². The Morgan fingerprint density at radius 3 is 2.73 bits per heavy atom. The lowest BCUT2D eigenvalue weighted by atomic mass is 9.48. The fraction of sp³-hybridized carbons (Fsp3) is 0.577. The molecule has 2 aromatic rings. The SMILES string of the molecule is C[C@]12CC[C@H](O)CC1=CC[C@@H]1C2CC[C@]2(C)Nc3c(cnn3-c3ccccc3)CC12. The Bertz CT molecular complexity index is 995. The number of aromatic nitrogens is 2. The van der Waals surface area contributed by atoms with Crippen molar-refractivity contribution in [1.29, 1.82) is 0 Å². The van der Waals surface area contributed by atoms with Crippen LogP contribution in [-0.4, -0.2) is 26.5 Å². The van der Waals surface area contributed by atoms with Gasteiger partial charge in [-0.3, -0.25) is 0 Å². The first-order valence-corrected chi connectivity index (χ1v) is 11.8. The third-order valence-electron chi connectivity index (χ3n) is 9.16. The molecule has 1 aliphatic heterocycles. The molecular weight excluding hydrogens is 370 g/mol. The molecule has 2 unspecified atom stereocenters. The van der Waals surface area contributed by atoms with Crippen LogP contribution in [0, 0.1) is 23.2 Å². The Hall–Kier alpha value is -2.07. The van der Waals surface area contributed by atoms with E-state index < -0.39 is 0 Å². The first kappa shape index (κ1) is 18.7. The van der Waals surface area contributed by atoms with Gasteiger partial charge in [-0.05, 0) is 87.2 Å². The van der Waals surface area contributed by atoms with Crippen LogP contribution in [0.25, 0.3) is 5.69 Å². The summed E-state index contributed by atoms with van der Waals surface area (Å²) in [6, 6.07) is 10.5. The van der Waals surface area contributed by atoms with E-state index in [1.807, 2.05) is 0 Å². The number of anilines is 1. The lowest BCUT2D eigenvalue weighted by Crippen LogP contribution is -2.58. The van der Waals surface area contributed by atoms with Gasteiger partial charge < -0.3 is 10.4 Å². The second-order valence-corrected chi connectivity index (χ2v) is 10.7. The second kappa shape index (κ2) is 6.46. The van der Waals surface area contributed by atoms with Crippen LogP contribution in [0.3, 0.4) is 0 Å². The highest BCUT2D eigenvalue weighted by molar-refractivity contribution is 5.55. The minimum atomic E-state index is -0.127. The van der Waals surface area contributed by atoms with Crippen molar-refractivity contribution in [3.8, 4) is 5.69 Å². The number of hydrogen-bond acceptors (Lipinski definition) is 3. The molecule has 6 atom stereocenters. The van der Waals surface area contributed by atoms with E-state index in [1.54, 1.807) is 5.57 Å². The van der Waals surface area contributed by atoms with Crippen molar-refractivity contribution in [1.82, 2.24) is 9.78 Å². The van der Waals surface area contributed by atoms with Crippen LogP contribution in [0.2, 0.25) is 0 Å². The summed E-state index contributed by atoms with van der Waals surface area (Å²) in [5, 5.41) is 19.0. The molecule has 4 heteroatoms. The van der Waals surface area contributed by atoms with Crippen LogP contribution in [0.5, 0.6) is 0 Å². The lowest BCUT2D eigenvalue weighted by Gasteiger charge is -2.59. The fourth-order valence-electron chi connectivity index (χ4n) is 7.43. The molecule has 2 N–H and O–H groups in total. The topological polar surface area (TPSA) is 50.1 Å². The number of para-hydroxylation sites is 1. The zero-order valence-electron chi connectivity index (χ0n) is 18.1. The Morgan fingerprint density at radius 1 is 1.07 bits per heavy atom. The molecule has 3 aliphatic carbocycles. The van der Waals surface area contributed by atoms with Crippen LogP contribution in [-0.2, 0) is 6.42 Å². The number of allylic oxidation sites excluding steroid dienone is 1. The molecule has 2 heterocycles. The summed E-state index contributed by atoms with van der Waals surface area (Å²) in [5.41, 5.74) is 4.45. The number of fused-ring (bicyclic) bond motifs is 6. The van der Waals surface area contributed by atoms with Crippen molar-refractivity contribution in [2.45, 2.75) is 70.4 Å². The molecule has 4 nitrogen and oxygen atoms in total. The van der Waals surface area contributed by atoms with Crippen molar-refractivity contribution in [2.75, 3.05) is 5.32 Å². The third kappa shape index (κ3) is 2.59. The maximum atomic E-state index is 10.2. The van der Waals surface area contributed by atoms with Gasteiger partial charge in [0.15, 0.2) is 0 Å². The highest BCUT2D eigenvalue weighted by atomic mass is 16.3. The normalized spacial score (nSPS) is 39.6. The van der Waals surface area contributed by atoms with Crippen LogP contribution < -0.4 is 5.32 Å². The third-order valence-corrected chi connectivity index (χ3v) is 9.16. The van der Waals surface area contributed by atoms with Crippen molar-refractivity contribution in [3.05, 3.63) is 53.7 Å². The summed E-state index contributed by atoms with van der Waals surface area (Å²) in [5.74, 6) is 3.29. The number of rotatable bonds is 1. The standard InChI is InChI=1S/C26H33N3O/c1-25-12-10-20(30)15-18(25)8-9-21-22(25)11-13-26(2)23(21)14-17-16-27-29(24(17)28-26)19-6-4-3-5-7-19/h3-8,16,20-23,28,30H,9-15H2,1-2H3/t20-,21+,22?,23?,25-,26-/m0/s1. The van der Waals surface area contributed by atoms with E-state index in [4.69, 9.17) is 5.10 Å². The predicted molar refractivity (Wildman–Crippen MR) is 120 cm³/mol. The maximum absolute atomic E-state index is 10.2. The van der Waals surface area contributed by atoms with Gasteiger partial charge in [0.2, 0.25) is 0 Å². The molecule has 0 spiro atoms. The smallest absolute Gasteiger partial charge is 0.133 e. The van der Waals surface area contributed by atoms with Gasteiger partial charge in [-0.25, -0.2) is 4.68 Å². The summed E-state index contributed by atoms with van der Waals surface area (Å²) in [6.45, 7) is 4.95. The maximum Gasteiger partial charge on any atom is 0.133 e. The minimum Gasteiger partial charge on any atom is -0.393 e. The zero-order valence-corrected chi connectivity index (χ0v) is 18.1. The van der Waals surface area contributed by atoms with Crippen LogP contribution >= 0.6 is 0 Å². The molecule has 1 aromatic heterocycles. The van der Waals surface area contributed by atoms with Crippen LogP contribution in [0.4, 0.5) is 5.82 Å². The number of nitrogens with zero attached hydrogens (tertiary/aromatic N) is 2. The van der Waals surface area contributed by atoms with E-state index in [2.05, 4.69) is 66.5 Å². The van der Waals surface area contributed by atoms with E-state index in [1.165, 1.54) is 30.6 Å². The Balaban J connectivity index is 1.35. The molecule has 4 aliphatic rings. The van der Waals surface area contributed by atoms with E-state index in [0.29, 0.717) is 11.8 Å². The monoisotopic (exact) mass is 403 g/mol. The molecule has 0 saturated heterocycles. The van der Waals surface area contributed by atoms with Gasteiger partial charge in [-0.1, -0.05) is 36.8 Å². The molecule has 30 heavy (non-hydrogen) atoms. The van der Waals surface area contributed by atoms with Crippen molar-refractivity contribution < 1.29 is 5.11 Å². The lowest BCUT2D eigenvalue weighted by molar-refractivity contribution is -0.0162. The average molecular weight is 404 g/mol. The minimum absolute atomic E-state index is 0.122. The molecule has 1 aromatic carbocycles. The van der Waals surface area contributed by atoms with Crippen molar-refractivity contribution >= 4 is 5.82 Å². The van der Waals surface area contributed by atoms with Gasteiger partial charge in [0.1, 0.15) is 5.82 Å². The molecule has 2 saturated carbocycles. The number of nitrogens with one attached hydrogen (secondary N) is 1. The highest BCUT2D eigenvalue weighted by Gasteiger charge is 2.56. The van der Waals surface area contributed by atoms with E-state index in [9.17, 15) is 5.11 Å². The summed E-state index contributed by atoms with van der Waals surface area (Å²) >= 11 is 0. The van der Waals surface area contributed by atoms with Gasteiger partial charge in [0, 0.05) is 11.1 Å². The predicted octanol–water partition coefficient (Wildman–Crippen LogP) is 5.12. The Morgan fingerprint density at radius 2 is 1.90 bits per heavy atom. The van der Waals surface area contributed by atoms with Gasteiger partial charge in [-0.15, -0.1) is 0 Å². The van der Waals surface area contributed by atoms with Crippen LogP contribution in [0.15, 0.2) is 48.2 Å². The fourth-order valence-corrected chi connectivity index (χ4v) is 7.43. The quantitative estimate of drug-likeness (QED) is 0.650. The van der Waals surface area contributed by atoms with Gasteiger partial charge in [0.25, 0.3) is 0 Å². The van der Waals surface area contributed by atoms with Gasteiger partial charge in [0.05, 0.1) is 18.0 Å². The zero-order chi connectivity index (χ0) is 20.5. The van der Waals surface area contributed by atoms with E-state index in [0.717, 1.165) is 37.3 Å². The Kier molecular flexibility index (Phi) is 4.02. The Labute approximate surface area is 179 Å². The van der Waals surface area contributed by atoms with Crippen molar-refractivity contribution in [2.24, 2.45) is 23.2 Å². The molecule has 0 bridgehead atoms. The molecular formula is C26H33N3O. The van der Waals surface area contributed by atoms with Gasteiger partial charge >= 0.3 is 0 Å². The average Bonchev–Trinajstić information content (AvgIpc) is 3.15. The summed E-state index contributed by atoms with van der Waals surface area (Å²) < 4.78 is 2.09. The number of aliphatic hydroxyl groups excluding tert-OH is 1. The van der Waals surface area contributed by atoms with Crippen molar-refractivity contribution in [3.63, 3.8) is 0 Å². The second-order valence-electron chi connectivity index (χ2n) is 10.7. The summed E-state index contributed by atoms with van der Waals surface area (Å²) in [7, 11) is 0. The molecule has 0 radical (unpaired) electrons. The largest absolute Gasteiger partial charge is 0.393 e. The summed E-state index contributed by atoms with van der Waals surface area (Å²) in [6.07, 6.45) is 12.3. The van der Waals surface area contributed by atoms with E-state index in [-0.39, 0.29) is 17.1 Å². The molecule has 6 rings (SSSR count).